The summed E-state index contributed by atoms with van der Waals surface area (Å²) in [6, 6.07) is 17.2. The molecule has 1 atom stereocenters. The van der Waals surface area contributed by atoms with Crippen molar-refractivity contribution >= 4 is 11.6 Å². The maximum atomic E-state index is 10.9. The van der Waals surface area contributed by atoms with E-state index in [1.165, 1.54) is 6.92 Å². The zero-order chi connectivity index (χ0) is 15.1. The van der Waals surface area contributed by atoms with Gasteiger partial charge in [0.05, 0.1) is 6.10 Å². The molecule has 2 aromatic carbocycles. The van der Waals surface area contributed by atoms with Crippen molar-refractivity contribution in [1.82, 2.24) is 5.32 Å². The summed E-state index contributed by atoms with van der Waals surface area (Å²) in [5.41, 5.74) is 2.80. The number of carbonyl (C=O) groups excluding carboxylic acids is 1. The highest BCUT2D eigenvalue weighted by Gasteiger charge is 2.05. The Balaban J connectivity index is 1.79. The van der Waals surface area contributed by atoms with Crippen LogP contribution in [-0.4, -0.2) is 17.6 Å². The van der Waals surface area contributed by atoms with Crippen LogP contribution in [0.15, 0.2) is 54.6 Å². The second kappa shape index (κ2) is 7.57. The first-order chi connectivity index (χ1) is 10.1. The summed E-state index contributed by atoms with van der Waals surface area (Å²) in [6.07, 6.45) is -0.509. The topological polar surface area (TPSA) is 61.4 Å². The molecule has 0 spiro atoms. The average molecular weight is 284 g/mol. The number of rotatable bonds is 6. The molecule has 21 heavy (non-hydrogen) atoms. The lowest BCUT2D eigenvalue weighted by atomic mass is 10.1. The molecule has 0 aliphatic rings. The van der Waals surface area contributed by atoms with E-state index in [9.17, 15) is 9.90 Å². The van der Waals surface area contributed by atoms with Gasteiger partial charge in [-0.2, -0.15) is 0 Å². The fourth-order valence-electron chi connectivity index (χ4n) is 2.06. The van der Waals surface area contributed by atoms with Crippen LogP contribution in [-0.2, 0) is 11.3 Å². The zero-order valence-electron chi connectivity index (χ0n) is 12.0. The number of hydrogen-bond acceptors (Lipinski definition) is 3. The highest BCUT2D eigenvalue weighted by atomic mass is 16.3. The van der Waals surface area contributed by atoms with E-state index >= 15 is 0 Å². The molecule has 0 aliphatic carbocycles. The Morgan fingerprint density at radius 3 is 2.38 bits per heavy atom. The quantitative estimate of drug-likeness (QED) is 0.763. The van der Waals surface area contributed by atoms with Gasteiger partial charge in [0.2, 0.25) is 5.91 Å². The van der Waals surface area contributed by atoms with Gasteiger partial charge in [0, 0.05) is 25.7 Å². The highest BCUT2D eigenvalue weighted by Crippen LogP contribution is 2.12. The van der Waals surface area contributed by atoms with Crippen LogP contribution in [0.2, 0.25) is 0 Å². The van der Waals surface area contributed by atoms with E-state index in [0.717, 1.165) is 16.8 Å². The Kier molecular flexibility index (Phi) is 5.49. The Morgan fingerprint density at radius 1 is 1.10 bits per heavy atom. The molecule has 0 radical (unpaired) electrons. The van der Waals surface area contributed by atoms with Crippen molar-refractivity contribution in [3.63, 3.8) is 0 Å². The van der Waals surface area contributed by atoms with Crippen molar-refractivity contribution in [2.75, 3.05) is 11.9 Å². The molecule has 0 heterocycles. The lowest BCUT2D eigenvalue weighted by molar-refractivity contribution is -0.114. The molecule has 2 aromatic rings. The van der Waals surface area contributed by atoms with Crippen LogP contribution >= 0.6 is 0 Å². The Bertz CT molecular complexity index is 567. The summed E-state index contributed by atoms with van der Waals surface area (Å²) in [4.78, 5) is 10.9. The maximum absolute atomic E-state index is 10.9. The molecule has 4 heteroatoms. The van der Waals surface area contributed by atoms with Crippen molar-refractivity contribution in [2.24, 2.45) is 0 Å². The number of nitrogens with one attached hydrogen (secondary N) is 2. The van der Waals surface area contributed by atoms with Crippen LogP contribution in [0.25, 0.3) is 0 Å². The number of anilines is 1. The van der Waals surface area contributed by atoms with Gasteiger partial charge >= 0.3 is 0 Å². The van der Waals surface area contributed by atoms with Crippen LogP contribution in [0.4, 0.5) is 5.69 Å². The molecule has 0 saturated heterocycles. The third-order valence-electron chi connectivity index (χ3n) is 3.13. The minimum atomic E-state index is -0.509. The van der Waals surface area contributed by atoms with Crippen LogP contribution < -0.4 is 10.6 Å². The third-order valence-corrected chi connectivity index (χ3v) is 3.13. The fourth-order valence-corrected chi connectivity index (χ4v) is 2.06. The molecular formula is C17H20N2O2. The minimum Gasteiger partial charge on any atom is -0.387 e. The van der Waals surface area contributed by atoms with Crippen LogP contribution in [0.3, 0.4) is 0 Å². The van der Waals surface area contributed by atoms with Crippen molar-refractivity contribution in [3.05, 3.63) is 65.7 Å². The zero-order valence-corrected chi connectivity index (χ0v) is 12.0. The monoisotopic (exact) mass is 284 g/mol. The van der Waals surface area contributed by atoms with Crippen molar-refractivity contribution in [2.45, 2.75) is 19.6 Å². The first kappa shape index (κ1) is 15.2. The van der Waals surface area contributed by atoms with E-state index in [1.807, 2.05) is 54.6 Å². The lowest BCUT2D eigenvalue weighted by Crippen LogP contribution is -2.21. The molecule has 3 N–H and O–H groups in total. The van der Waals surface area contributed by atoms with Crippen LogP contribution in [0, 0.1) is 0 Å². The summed E-state index contributed by atoms with van der Waals surface area (Å²) < 4.78 is 0. The van der Waals surface area contributed by atoms with Crippen molar-refractivity contribution in [1.29, 1.82) is 0 Å². The van der Waals surface area contributed by atoms with Gasteiger partial charge in [-0.15, -0.1) is 0 Å². The van der Waals surface area contributed by atoms with E-state index in [2.05, 4.69) is 10.6 Å². The van der Waals surface area contributed by atoms with Gasteiger partial charge in [0.25, 0.3) is 0 Å². The predicted molar refractivity (Wildman–Crippen MR) is 83.9 cm³/mol. The lowest BCUT2D eigenvalue weighted by Gasteiger charge is -2.12. The maximum Gasteiger partial charge on any atom is 0.221 e. The number of amides is 1. The first-order valence-corrected chi connectivity index (χ1v) is 6.95. The molecular weight excluding hydrogens is 264 g/mol. The summed E-state index contributed by atoms with van der Waals surface area (Å²) >= 11 is 0. The largest absolute Gasteiger partial charge is 0.387 e. The summed E-state index contributed by atoms with van der Waals surface area (Å²) in [6.45, 7) is 2.65. The van der Waals surface area contributed by atoms with Crippen molar-refractivity contribution < 1.29 is 9.90 Å². The molecule has 110 valence electrons. The molecule has 0 fully saturated rings. The van der Waals surface area contributed by atoms with Gasteiger partial charge in [-0.1, -0.05) is 42.5 Å². The van der Waals surface area contributed by atoms with E-state index in [0.29, 0.717) is 13.1 Å². The molecule has 1 unspecified atom stereocenters. The highest BCUT2D eigenvalue weighted by molar-refractivity contribution is 5.88. The number of benzene rings is 2. The summed E-state index contributed by atoms with van der Waals surface area (Å²) in [5, 5.41) is 16.0. The second-order valence-corrected chi connectivity index (χ2v) is 4.94. The van der Waals surface area contributed by atoms with Gasteiger partial charge < -0.3 is 15.7 Å². The molecule has 0 aromatic heterocycles. The van der Waals surface area contributed by atoms with Gasteiger partial charge in [-0.3, -0.25) is 4.79 Å². The average Bonchev–Trinajstić information content (AvgIpc) is 2.49. The number of aliphatic hydroxyl groups is 1. The van der Waals surface area contributed by atoms with Crippen LogP contribution in [0.5, 0.6) is 0 Å². The van der Waals surface area contributed by atoms with E-state index in [4.69, 9.17) is 0 Å². The van der Waals surface area contributed by atoms with Gasteiger partial charge in [0.15, 0.2) is 0 Å². The van der Waals surface area contributed by atoms with Crippen molar-refractivity contribution in [3.8, 4) is 0 Å². The van der Waals surface area contributed by atoms with E-state index in [1.54, 1.807) is 0 Å². The number of aliphatic hydroxyl groups excluding tert-OH is 1. The second-order valence-electron chi connectivity index (χ2n) is 4.94. The predicted octanol–water partition coefficient (Wildman–Crippen LogP) is 2.47. The van der Waals surface area contributed by atoms with Gasteiger partial charge in [-0.25, -0.2) is 0 Å². The van der Waals surface area contributed by atoms with Crippen LogP contribution in [0.1, 0.15) is 24.2 Å². The fraction of sp³-hybridized carbons (Fsp3) is 0.235. The van der Waals surface area contributed by atoms with Gasteiger partial charge in [-0.05, 0) is 23.3 Å². The molecule has 1 amide bonds. The normalized spacial score (nSPS) is 11.9. The molecule has 4 nitrogen and oxygen atoms in total. The summed E-state index contributed by atoms with van der Waals surface area (Å²) in [5.74, 6) is -0.0770. The third kappa shape index (κ3) is 5.02. The molecule has 0 saturated carbocycles. The van der Waals surface area contributed by atoms with E-state index in [-0.39, 0.29) is 5.91 Å². The Morgan fingerprint density at radius 2 is 1.76 bits per heavy atom. The Labute approximate surface area is 124 Å². The van der Waals surface area contributed by atoms with E-state index < -0.39 is 6.10 Å². The molecule has 2 rings (SSSR count). The Hall–Kier alpha value is -2.17. The molecule has 0 aliphatic heterocycles. The standard InChI is InChI=1S/C17H20N2O2/c1-13(20)19-16-9-7-14(8-10-16)11-18-12-17(21)15-5-3-2-4-6-15/h2-10,17-18,21H,11-12H2,1H3,(H,19,20). The molecule has 0 bridgehead atoms. The summed E-state index contributed by atoms with van der Waals surface area (Å²) in [7, 11) is 0. The first-order valence-electron chi connectivity index (χ1n) is 6.95. The number of carbonyl (C=O) groups is 1. The minimum absolute atomic E-state index is 0.0770. The van der Waals surface area contributed by atoms with Gasteiger partial charge in [0.1, 0.15) is 0 Å². The number of hydrogen-bond donors (Lipinski definition) is 3. The SMILES string of the molecule is CC(=O)Nc1ccc(CNCC(O)c2ccccc2)cc1. The smallest absolute Gasteiger partial charge is 0.221 e.